The van der Waals surface area contributed by atoms with Gasteiger partial charge in [-0.2, -0.15) is 0 Å². The van der Waals surface area contributed by atoms with Gasteiger partial charge in [-0.3, -0.25) is 0 Å². The second kappa shape index (κ2) is 24.8. The Morgan fingerprint density at radius 2 is 0.443 bits per heavy atom. The zero-order valence-corrected chi connectivity index (χ0v) is 46.7. The summed E-state index contributed by atoms with van der Waals surface area (Å²) in [6.07, 6.45) is 26.3. The Bertz CT molecular complexity index is 3580. The van der Waals surface area contributed by atoms with Crippen molar-refractivity contribution < 1.29 is 148 Å². The molecule has 0 spiro atoms. The summed E-state index contributed by atoms with van der Waals surface area (Å²) in [5.41, 5.74) is -21.8. The van der Waals surface area contributed by atoms with Gasteiger partial charge in [0, 0.05) is 29.6 Å². The summed E-state index contributed by atoms with van der Waals surface area (Å²) in [5.74, 6) is -93.0. The molecule has 0 saturated heterocycles. The quantitative estimate of drug-likeness (QED) is 0.0468. The molecule has 454 valence electrons. The molecule has 0 nitrogen and oxygen atoms in total. The molecular formula is C58H21AlF28Zr+2. The normalized spacial score (nSPS) is 15.7. The Hall–Kier alpha value is -6.26. The maximum atomic E-state index is 19.3. The topological polar surface area (TPSA) is 0 Å². The van der Waals surface area contributed by atoms with Gasteiger partial charge >= 0.3 is 39.7 Å². The largest absolute Gasteiger partial charge is 4.00 e. The van der Waals surface area contributed by atoms with Crippen LogP contribution in [0, 0.1) is 231 Å². The molecule has 0 unspecified atom stereocenters. The molecule has 6 aromatic rings. The first-order chi connectivity index (χ1) is 40.1. The van der Waals surface area contributed by atoms with Crippen molar-refractivity contribution in [3.63, 3.8) is 0 Å². The Labute approximate surface area is 499 Å². The average molecular weight is 1370 g/mol. The zero-order chi connectivity index (χ0) is 63.7. The van der Waals surface area contributed by atoms with E-state index in [1.165, 1.54) is 35.5 Å². The van der Waals surface area contributed by atoms with Crippen molar-refractivity contribution >= 4 is 26.8 Å². The van der Waals surface area contributed by atoms with Crippen molar-refractivity contribution in [2.24, 2.45) is 5.41 Å². The maximum Gasteiger partial charge on any atom is 4.00 e. The summed E-state index contributed by atoms with van der Waals surface area (Å²) in [5, 5.41) is 0. The molecule has 0 aromatic heterocycles. The monoisotopic (exact) mass is 1370 g/mol. The van der Waals surface area contributed by atoms with E-state index >= 15 is 82.6 Å². The molecule has 6 aromatic carbocycles. The predicted molar refractivity (Wildman–Crippen MR) is 254 cm³/mol. The van der Waals surface area contributed by atoms with Crippen LogP contribution in [-0.4, -0.2) is 13.5 Å². The number of benzene rings is 6. The molecule has 10 rings (SSSR count). The van der Waals surface area contributed by atoms with Gasteiger partial charge in [0.05, 0.1) is 16.7 Å². The first-order valence-electron chi connectivity index (χ1n) is 23.4. The van der Waals surface area contributed by atoms with Crippen LogP contribution in [0.1, 0.15) is 13.8 Å². The van der Waals surface area contributed by atoms with Gasteiger partial charge in [-0.25, -0.2) is 119 Å². The van der Waals surface area contributed by atoms with E-state index in [2.05, 4.69) is 88.1 Å². The van der Waals surface area contributed by atoms with Crippen LogP contribution in [0.25, 0.3) is 33.4 Å². The minimum atomic E-state index is -10.3. The van der Waals surface area contributed by atoms with Crippen molar-refractivity contribution in [2.75, 3.05) is 0 Å². The van der Waals surface area contributed by atoms with Crippen LogP contribution in [0.4, 0.5) is 122 Å². The molecule has 2 saturated carbocycles. The summed E-state index contributed by atoms with van der Waals surface area (Å²) >= 11 is -10.3. The first kappa shape index (κ1) is 69.2. The van der Waals surface area contributed by atoms with Gasteiger partial charge in [0.2, 0.25) is 17.5 Å². The summed E-state index contributed by atoms with van der Waals surface area (Å²) in [7, 11) is 0. The number of hydrogen-bond donors (Lipinski definition) is 0. The van der Waals surface area contributed by atoms with Crippen molar-refractivity contribution in [2.45, 2.75) is 13.8 Å². The molecule has 0 heterocycles. The fraction of sp³-hybridized carbons (Fsp3) is 0.0517. The predicted octanol–water partition coefficient (Wildman–Crippen LogP) is 16.4. The number of halogens is 28. The maximum absolute atomic E-state index is 19.3. The molecule has 88 heavy (non-hydrogen) atoms. The minimum Gasteiger partial charge on any atom is -0.581 e. The standard InChI is InChI=1S/C21H18.3C12F9.CH3.Al.FH.Zr/c1-21(2,15-9-3-4-10-15)20-18-13-7-5-11-16(18)17-12-6-8-14-19(17)20;3*13-3-1-2(5(14)9(18)6(3)15)4-7(16)10(19)12(21)11(20)8(4)17;;;;/h3-14H,1-2H3;;;;1H3;;1H;/q;;;;-1;;;+4/p-1. The molecule has 2 fully saturated rings. The van der Waals surface area contributed by atoms with E-state index in [9.17, 15) is 39.5 Å². The van der Waals surface area contributed by atoms with E-state index in [-0.39, 0.29) is 39.0 Å². The van der Waals surface area contributed by atoms with E-state index in [1.807, 2.05) is 0 Å². The van der Waals surface area contributed by atoms with Gasteiger partial charge < -0.3 is 11.0 Å². The third-order valence-corrected chi connectivity index (χ3v) is 18.2. The molecule has 0 N–H and O–H groups in total. The Morgan fingerprint density at radius 1 is 0.261 bits per heavy atom. The van der Waals surface area contributed by atoms with Gasteiger partial charge in [0.1, 0.15) is 17.5 Å². The Morgan fingerprint density at radius 3 is 0.670 bits per heavy atom. The fourth-order valence-electron chi connectivity index (χ4n) is 10.3. The molecule has 0 aliphatic heterocycles. The third-order valence-electron chi connectivity index (χ3n) is 14.2. The first-order valence-corrected chi connectivity index (χ1v) is 25.6. The third kappa shape index (κ3) is 10.1. The van der Waals surface area contributed by atoms with Crippen LogP contribution in [0.2, 0.25) is 0 Å². The van der Waals surface area contributed by atoms with E-state index in [1.54, 1.807) is 0 Å². The molecule has 4 aliphatic rings. The van der Waals surface area contributed by atoms with Crippen molar-refractivity contribution in [3.8, 4) is 33.4 Å². The van der Waals surface area contributed by atoms with Gasteiger partial charge in [0.25, 0.3) is 0 Å². The molecule has 0 atom stereocenters. The Kier molecular flexibility index (Phi) is 19.5. The average Bonchev–Trinajstić information content (AvgIpc) is 0.813. The van der Waals surface area contributed by atoms with Crippen LogP contribution < -0.4 is 13.3 Å². The number of allylic oxidation sites excluding steroid dienone is 8. The molecule has 0 amide bonds. The van der Waals surface area contributed by atoms with E-state index in [0.717, 1.165) is 0 Å². The summed E-state index contributed by atoms with van der Waals surface area (Å²) in [6.45, 7) is 4.66. The molecule has 4 aliphatic carbocycles. The molecule has 0 bridgehead atoms. The van der Waals surface area contributed by atoms with Crippen molar-refractivity contribution in [1.29, 1.82) is 0 Å². The number of hydrogen-bond acceptors (Lipinski definition) is 0. The SMILES string of the molecule is CC(C)([C]1[CH][CH][CH][CH]1)[C]1[C]2C=CC=C[C]2[C]2C=CC=C[C]21.Fc1c(F)c(F)c(-c2c(F)c(F)c(F)c(F)[c]2[Al-]([F])([c]2c(F)c(F)c(F)c(F)c2-c2c(F)c(F)c(F)c(F)c2F)[c]2c(F)c(F)c(F)c(F)c2-c2c(F)c(F)c(F)c(F)c2F)c(F)c1F.[CH3-].[Zr+4]. The van der Waals surface area contributed by atoms with E-state index < -0.39 is 217 Å². The fourth-order valence-corrected chi connectivity index (χ4v) is 14.6. The van der Waals surface area contributed by atoms with Gasteiger partial charge in [-0.1, -0.05) is 62.5 Å². The second-order valence-electron chi connectivity index (χ2n) is 19.0. The van der Waals surface area contributed by atoms with Crippen molar-refractivity contribution in [1.82, 2.24) is 0 Å². The molecule has 10 radical (unpaired) electrons. The van der Waals surface area contributed by atoms with Crippen molar-refractivity contribution in [3.05, 3.63) is 274 Å². The number of fused-ring (bicyclic) bond motifs is 3. The van der Waals surface area contributed by atoms with Crippen LogP contribution >= 0.6 is 0 Å². The van der Waals surface area contributed by atoms with Crippen LogP contribution in [0.3, 0.4) is 0 Å². The minimum absolute atomic E-state index is 0. The molecular weight excluding hydrogens is 1350 g/mol. The van der Waals surface area contributed by atoms with Gasteiger partial charge in [-0.15, -0.1) is 13.3 Å². The smallest absolute Gasteiger partial charge is 0.581 e. The van der Waals surface area contributed by atoms with Crippen LogP contribution in [0.5, 0.6) is 0 Å². The summed E-state index contributed by atoms with van der Waals surface area (Å²) in [6, 6.07) is 0. The van der Waals surface area contributed by atoms with Crippen LogP contribution in [-0.2, 0) is 26.2 Å². The molecule has 30 heteroatoms. The van der Waals surface area contributed by atoms with Gasteiger partial charge in [-0.05, 0) is 53.7 Å². The number of rotatable bonds is 8. The van der Waals surface area contributed by atoms with Gasteiger partial charge in [0.15, 0.2) is 122 Å². The van der Waals surface area contributed by atoms with Crippen LogP contribution in [0.15, 0.2) is 48.6 Å². The van der Waals surface area contributed by atoms with E-state index in [4.69, 9.17) is 0 Å². The van der Waals surface area contributed by atoms with E-state index in [0.29, 0.717) is 0 Å². The Balaban J connectivity index is 0.000000400. The summed E-state index contributed by atoms with van der Waals surface area (Å²) in [4.78, 5) is 0. The zero-order valence-electron chi connectivity index (χ0n) is 43.1. The summed E-state index contributed by atoms with van der Waals surface area (Å²) < 4.78 is 418. The second-order valence-corrected chi connectivity index (χ2v) is 22.2.